The zero-order chi connectivity index (χ0) is 16.0. The molecule has 0 fully saturated rings. The van der Waals surface area contributed by atoms with Gasteiger partial charge in [0.25, 0.3) is 0 Å². The van der Waals surface area contributed by atoms with Gasteiger partial charge in [0.05, 0.1) is 11.4 Å². The molecule has 1 aromatic rings. The molecule has 0 spiro atoms. The summed E-state index contributed by atoms with van der Waals surface area (Å²) in [4.78, 5) is 11.5. The van der Waals surface area contributed by atoms with Crippen molar-refractivity contribution in [3.05, 3.63) is 29.8 Å². The van der Waals surface area contributed by atoms with E-state index >= 15 is 0 Å². The van der Waals surface area contributed by atoms with Crippen molar-refractivity contribution in [2.75, 3.05) is 27.2 Å². The third kappa shape index (κ3) is 4.52. The monoisotopic (exact) mass is 313 g/mol. The van der Waals surface area contributed by atoms with Gasteiger partial charge in [-0.1, -0.05) is 19.1 Å². The van der Waals surface area contributed by atoms with E-state index in [0.29, 0.717) is 0 Å². The topological polar surface area (TPSA) is 78.5 Å². The van der Waals surface area contributed by atoms with Crippen LogP contribution in [0.4, 0.5) is 0 Å². The molecule has 1 atom stereocenters. The minimum absolute atomic E-state index is 0.0643. The van der Waals surface area contributed by atoms with E-state index < -0.39 is 10.0 Å². The molecule has 0 aromatic heterocycles. The summed E-state index contributed by atoms with van der Waals surface area (Å²) >= 11 is 0. The molecule has 0 aliphatic carbocycles. The smallest absolute Gasteiger partial charge is 0.243 e. The Labute approximate surface area is 126 Å². The lowest BCUT2D eigenvalue weighted by atomic mass is 10.1. The fraction of sp³-hybridized carbons (Fsp3) is 0.500. The molecule has 1 amide bonds. The number of carbonyl (C=O) groups excluding carboxylic acids is 1. The number of nitrogens with one attached hydrogen (secondary N) is 2. The lowest BCUT2D eigenvalue weighted by Crippen LogP contribution is -2.36. The maximum Gasteiger partial charge on any atom is 0.243 e. The van der Waals surface area contributed by atoms with E-state index in [9.17, 15) is 13.2 Å². The Kier molecular flexibility index (Phi) is 6.32. The highest BCUT2D eigenvalue weighted by Gasteiger charge is 2.23. The zero-order valence-corrected chi connectivity index (χ0v) is 13.7. The Hall–Kier alpha value is -1.44. The number of amides is 1. The highest BCUT2D eigenvalue weighted by atomic mass is 32.2. The second-order valence-corrected chi connectivity index (χ2v) is 6.83. The molecule has 0 saturated heterocycles. The Balaban J connectivity index is 3.03. The van der Waals surface area contributed by atoms with Gasteiger partial charge in [-0.2, -0.15) is 4.31 Å². The first-order chi connectivity index (χ1) is 9.82. The van der Waals surface area contributed by atoms with Crippen LogP contribution in [-0.2, 0) is 14.8 Å². The number of carbonyl (C=O) groups is 1. The third-order valence-electron chi connectivity index (χ3n) is 3.22. The zero-order valence-electron chi connectivity index (χ0n) is 12.9. The van der Waals surface area contributed by atoms with Crippen molar-refractivity contribution in [3.8, 4) is 0 Å². The first kappa shape index (κ1) is 17.6. The number of likely N-dealkylation sites (N-methyl/N-ethyl adjacent to an activating group) is 2. The molecule has 0 saturated carbocycles. The first-order valence-electron chi connectivity index (χ1n) is 6.83. The van der Waals surface area contributed by atoms with Crippen LogP contribution in [0.15, 0.2) is 29.2 Å². The molecule has 21 heavy (non-hydrogen) atoms. The molecule has 7 heteroatoms. The van der Waals surface area contributed by atoms with E-state index in [-0.39, 0.29) is 23.4 Å². The van der Waals surface area contributed by atoms with Crippen molar-refractivity contribution >= 4 is 15.9 Å². The van der Waals surface area contributed by atoms with Crippen LogP contribution >= 0.6 is 0 Å². The van der Waals surface area contributed by atoms with Gasteiger partial charge in [-0.15, -0.1) is 0 Å². The standard InChI is InChI=1S/C14H23N3O3S/c1-5-16-11(2)12-7-6-8-13(9-12)21(19,20)17(4)10-14(18)15-3/h6-9,11,16H,5,10H2,1-4H3,(H,15,18). The third-order valence-corrected chi connectivity index (χ3v) is 5.02. The lowest BCUT2D eigenvalue weighted by Gasteiger charge is -2.18. The summed E-state index contributed by atoms with van der Waals surface area (Å²) < 4.78 is 25.9. The summed E-state index contributed by atoms with van der Waals surface area (Å²) in [5, 5.41) is 5.65. The molecular weight excluding hydrogens is 290 g/mol. The maximum absolute atomic E-state index is 12.4. The number of rotatable bonds is 7. The summed E-state index contributed by atoms with van der Waals surface area (Å²) in [5.74, 6) is -0.349. The van der Waals surface area contributed by atoms with Crippen molar-refractivity contribution in [2.45, 2.75) is 24.8 Å². The van der Waals surface area contributed by atoms with Crippen molar-refractivity contribution in [1.29, 1.82) is 0 Å². The highest BCUT2D eigenvalue weighted by molar-refractivity contribution is 7.89. The summed E-state index contributed by atoms with van der Waals surface area (Å²) in [5.41, 5.74) is 0.895. The average molecular weight is 313 g/mol. The Morgan fingerprint density at radius 2 is 2.05 bits per heavy atom. The molecule has 1 unspecified atom stereocenters. The molecule has 2 N–H and O–H groups in total. The predicted octanol–water partition coefficient (Wildman–Crippen LogP) is 0.724. The van der Waals surface area contributed by atoms with Gasteiger partial charge in [-0.05, 0) is 31.2 Å². The van der Waals surface area contributed by atoms with Crippen molar-refractivity contribution < 1.29 is 13.2 Å². The molecule has 0 heterocycles. The van der Waals surface area contributed by atoms with E-state index in [1.807, 2.05) is 19.9 Å². The van der Waals surface area contributed by atoms with Gasteiger partial charge in [-0.3, -0.25) is 4.79 Å². The van der Waals surface area contributed by atoms with Crippen LogP contribution in [0.1, 0.15) is 25.5 Å². The van der Waals surface area contributed by atoms with Crippen LogP contribution < -0.4 is 10.6 Å². The van der Waals surface area contributed by atoms with Gasteiger partial charge in [-0.25, -0.2) is 8.42 Å². The van der Waals surface area contributed by atoms with Crippen LogP contribution in [0.2, 0.25) is 0 Å². The second kappa shape index (κ2) is 7.53. The van der Waals surface area contributed by atoms with Crippen LogP contribution in [0.5, 0.6) is 0 Å². The Morgan fingerprint density at radius 3 is 2.62 bits per heavy atom. The second-order valence-electron chi connectivity index (χ2n) is 4.79. The predicted molar refractivity (Wildman–Crippen MR) is 82.4 cm³/mol. The summed E-state index contributed by atoms with van der Waals surface area (Å²) in [7, 11) is -0.803. The number of hydrogen-bond donors (Lipinski definition) is 2. The van der Waals surface area contributed by atoms with Crippen LogP contribution in [0, 0.1) is 0 Å². The van der Waals surface area contributed by atoms with Gasteiger partial charge in [0.1, 0.15) is 0 Å². The van der Waals surface area contributed by atoms with Gasteiger partial charge >= 0.3 is 0 Å². The minimum Gasteiger partial charge on any atom is -0.358 e. The van der Waals surface area contributed by atoms with Crippen LogP contribution in [0.3, 0.4) is 0 Å². The van der Waals surface area contributed by atoms with E-state index in [0.717, 1.165) is 16.4 Å². The SMILES string of the molecule is CCNC(C)c1cccc(S(=O)(=O)N(C)CC(=O)NC)c1. The largest absolute Gasteiger partial charge is 0.358 e. The number of sulfonamides is 1. The molecule has 0 bridgehead atoms. The van der Waals surface area contributed by atoms with E-state index in [1.54, 1.807) is 12.1 Å². The average Bonchev–Trinajstić information content (AvgIpc) is 2.47. The molecular formula is C14H23N3O3S. The Morgan fingerprint density at radius 1 is 1.38 bits per heavy atom. The maximum atomic E-state index is 12.4. The van der Waals surface area contributed by atoms with Gasteiger partial charge < -0.3 is 10.6 Å². The molecule has 1 aromatic carbocycles. The van der Waals surface area contributed by atoms with E-state index in [1.165, 1.54) is 20.2 Å². The van der Waals surface area contributed by atoms with E-state index in [2.05, 4.69) is 10.6 Å². The van der Waals surface area contributed by atoms with Crippen LogP contribution in [0.25, 0.3) is 0 Å². The normalized spacial score (nSPS) is 13.2. The molecule has 6 nitrogen and oxygen atoms in total. The van der Waals surface area contributed by atoms with Crippen molar-refractivity contribution in [3.63, 3.8) is 0 Å². The molecule has 0 radical (unpaired) electrons. The number of hydrogen-bond acceptors (Lipinski definition) is 4. The number of nitrogens with zero attached hydrogens (tertiary/aromatic N) is 1. The summed E-state index contributed by atoms with van der Waals surface area (Å²) in [6, 6.07) is 6.84. The fourth-order valence-electron chi connectivity index (χ4n) is 1.91. The highest BCUT2D eigenvalue weighted by Crippen LogP contribution is 2.19. The quantitative estimate of drug-likeness (QED) is 0.777. The minimum atomic E-state index is -3.67. The molecule has 0 aliphatic heterocycles. The van der Waals surface area contributed by atoms with Gasteiger partial charge in [0.2, 0.25) is 15.9 Å². The number of benzene rings is 1. The molecule has 0 aliphatic rings. The van der Waals surface area contributed by atoms with Crippen molar-refractivity contribution in [1.82, 2.24) is 14.9 Å². The van der Waals surface area contributed by atoms with E-state index in [4.69, 9.17) is 0 Å². The fourth-order valence-corrected chi connectivity index (χ4v) is 3.10. The molecule has 1 rings (SSSR count). The Bertz CT molecular complexity index is 587. The van der Waals surface area contributed by atoms with Crippen LogP contribution in [-0.4, -0.2) is 45.8 Å². The van der Waals surface area contributed by atoms with Gasteiger partial charge in [0.15, 0.2) is 0 Å². The van der Waals surface area contributed by atoms with Crippen molar-refractivity contribution in [2.24, 2.45) is 0 Å². The first-order valence-corrected chi connectivity index (χ1v) is 8.27. The summed E-state index contributed by atoms with van der Waals surface area (Å²) in [6.07, 6.45) is 0. The summed E-state index contributed by atoms with van der Waals surface area (Å²) in [6.45, 7) is 4.57. The van der Waals surface area contributed by atoms with Gasteiger partial charge in [0, 0.05) is 20.1 Å². The lowest BCUT2D eigenvalue weighted by molar-refractivity contribution is -0.120. The molecule has 118 valence electrons.